The molecule has 88 valence electrons. The van der Waals surface area contributed by atoms with E-state index in [2.05, 4.69) is 31.2 Å². The van der Waals surface area contributed by atoms with E-state index in [1.54, 1.807) is 12.4 Å². The molecule has 1 N–H and O–H groups in total. The third kappa shape index (κ3) is 2.19. The average molecular weight is 300 g/mol. The van der Waals surface area contributed by atoms with Crippen LogP contribution < -0.4 is 5.32 Å². The van der Waals surface area contributed by atoms with Gasteiger partial charge in [0.2, 0.25) is 0 Å². The molecule has 0 atom stereocenters. The third-order valence-corrected chi connectivity index (χ3v) is 3.10. The summed E-state index contributed by atoms with van der Waals surface area (Å²) < 4.78 is 0.965. The first-order chi connectivity index (χ1) is 8.83. The summed E-state index contributed by atoms with van der Waals surface area (Å²) in [7, 11) is 0. The van der Waals surface area contributed by atoms with Crippen LogP contribution in [-0.2, 0) is 0 Å². The number of nitrogens with one attached hydrogen (secondary N) is 1. The van der Waals surface area contributed by atoms with Gasteiger partial charge in [0.25, 0.3) is 0 Å². The number of pyridine rings is 2. The first-order valence-corrected chi connectivity index (χ1v) is 6.34. The maximum atomic E-state index is 4.33. The zero-order valence-electron chi connectivity index (χ0n) is 9.47. The molecule has 0 saturated carbocycles. The number of anilines is 2. The molecule has 4 heteroatoms. The van der Waals surface area contributed by atoms with Crippen LogP contribution in [0.5, 0.6) is 0 Å². The van der Waals surface area contributed by atoms with E-state index in [9.17, 15) is 0 Å². The van der Waals surface area contributed by atoms with E-state index in [0.717, 1.165) is 26.9 Å². The van der Waals surface area contributed by atoms with Crippen molar-refractivity contribution in [2.24, 2.45) is 0 Å². The van der Waals surface area contributed by atoms with Gasteiger partial charge in [-0.15, -0.1) is 0 Å². The molecule has 0 saturated heterocycles. The highest BCUT2D eigenvalue weighted by Gasteiger charge is 2.01. The molecule has 0 radical (unpaired) electrons. The summed E-state index contributed by atoms with van der Waals surface area (Å²) in [4.78, 5) is 8.63. The van der Waals surface area contributed by atoms with Crippen LogP contribution in [-0.4, -0.2) is 9.97 Å². The topological polar surface area (TPSA) is 37.8 Å². The van der Waals surface area contributed by atoms with Gasteiger partial charge in [-0.2, -0.15) is 0 Å². The molecule has 0 amide bonds. The Bertz CT molecular complexity index is 675. The summed E-state index contributed by atoms with van der Waals surface area (Å²) in [5.41, 5.74) is 1.98. The number of benzene rings is 1. The SMILES string of the molecule is Brc1ccc(Nc2cccc3ncccc23)nc1. The molecule has 3 nitrogen and oxygen atoms in total. The maximum absolute atomic E-state index is 4.33. The first kappa shape index (κ1) is 11.2. The molecular formula is C14H10BrN3. The predicted molar refractivity (Wildman–Crippen MR) is 77.0 cm³/mol. The van der Waals surface area contributed by atoms with Crippen molar-refractivity contribution in [1.29, 1.82) is 0 Å². The number of fused-ring (bicyclic) bond motifs is 1. The molecular weight excluding hydrogens is 290 g/mol. The van der Waals surface area contributed by atoms with Gasteiger partial charge in [0.1, 0.15) is 5.82 Å². The highest BCUT2D eigenvalue weighted by Crippen LogP contribution is 2.24. The lowest BCUT2D eigenvalue weighted by Crippen LogP contribution is -1.94. The van der Waals surface area contributed by atoms with Crippen molar-refractivity contribution < 1.29 is 0 Å². The predicted octanol–water partition coefficient (Wildman–Crippen LogP) is 4.14. The van der Waals surface area contributed by atoms with E-state index < -0.39 is 0 Å². The average Bonchev–Trinajstić information content (AvgIpc) is 2.42. The number of nitrogens with zero attached hydrogens (tertiary/aromatic N) is 2. The molecule has 0 fully saturated rings. The second kappa shape index (κ2) is 4.74. The summed E-state index contributed by atoms with van der Waals surface area (Å²) in [5, 5.41) is 4.39. The van der Waals surface area contributed by atoms with Crippen molar-refractivity contribution in [3.8, 4) is 0 Å². The van der Waals surface area contributed by atoms with Gasteiger partial charge in [-0.3, -0.25) is 4.98 Å². The fourth-order valence-electron chi connectivity index (χ4n) is 1.80. The fraction of sp³-hybridized carbons (Fsp3) is 0. The van der Waals surface area contributed by atoms with E-state index in [0.29, 0.717) is 0 Å². The van der Waals surface area contributed by atoms with Crippen LogP contribution in [0, 0.1) is 0 Å². The van der Waals surface area contributed by atoms with Crippen LogP contribution >= 0.6 is 15.9 Å². The molecule has 3 rings (SSSR count). The Balaban J connectivity index is 2.02. The Labute approximate surface area is 113 Å². The van der Waals surface area contributed by atoms with Crippen molar-refractivity contribution in [2.75, 3.05) is 5.32 Å². The van der Waals surface area contributed by atoms with Gasteiger partial charge < -0.3 is 5.32 Å². The van der Waals surface area contributed by atoms with Gasteiger partial charge in [0.15, 0.2) is 0 Å². The zero-order valence-corrected chi connectivity index (χ0v) is 11.1. The summed E-state index contributed by atoms with van der Waals surface area (Å²) in [5.74, 6) is 0.814. The number of aromatic nitrogens is 2. The lowest BCUT2D eigenvalue weighted by Gasteiger charge is -2.08. The summed E-state index contributed by atoms with van der Waals surface area (Å²) in [6.45, 7) is 0. The lowest BCUT2D eigenvalue weighted by atomic mass is 10.2. The molecule has 0 aliphatic heterocycles. The summed E-state index contributed by atoms with van der Waals surface area (Å²) in [6, 6.07) is 13.9. The number of halogens is 1. The third-order valence-electron chi connectivity index (χ3n) is 2.64. The van der Waals surface area contributed by atoms with Crippen LogP contribution in [0.2, 0.25) is 0 Å². The van der Waals surface area contributed by atoms with E-state index in [1.165, 1.54) is 0 Å². The summed E-state index contributed by atoms with van der Waals surface area (Å²) >= 11 is 3.37. The van der Waals surface area contributed by atoms with E-state index in [1.807, 2.05) is 42.5 Å². The van der Waals surface area contributed by atoms with Crippen LogP contribution in [0.3, 0.4) is 0 Å². The maximum Gasteiger partial charge on any atom is 0.130 e. The smallest absolute Gasteiger partial charge is 0.130 e. The van der Waals surface area contributed by atoms with Gasteiger partial charge in [0.05, 0.1) is 5.52 Å². The molecule has 3 aromatic rings. The van der Waals surface area contributed by atoms with Gasteiger partial charge in [-0.05, 0) is 52.3 Å². The van der Waals surface area contributed by atoms with Crippen LogP contribution in [0.15, 0.2) is 59.3 Å². The normalized spacial score (nSPS) is 10.5. The molecule has 2 heterocycles. The molecule has 18 heavy (non-hydrogen) atoms. The zero-order chi connectivity index (χ0) is 12.4. The van der Waals surface area contributed by atoms with Crippen LogP contribution in [0.1, 0.15) is 0 Å². The molecule has 2 aromatic heterocycles. The Hall–Kier alpha value is -1.94. The van der Waals surface area contributed by atoms with Gasteiger partial charge in [0, 0.05) is 27.9 Å². The monoisotopic (exact) mass is 299 g/mol. The van der Waals surface area contributed by atoms with Crippen molar-refractivity contribution in [3.05, 3.63) is 59.3 Å². The summed E-state index contributed by atoms with van der Waals surface area (Å²) in [6.07, 6.45) is 3.57. The molecule has 0 unspecified atom stereocenters. The van der Waals surface area contributed by atoms with Gasteiger partial charge in [-0.1, -0.05) is 6.07 Å². The fourth-order valence-corrected chi connectivity index (χ4v) is 2.03. The number of hydrogen-bond acceptors (Lipinski definition) is 3. The Morgan fingerprint density at radius 1 is 0.944 bits per heavy atom. The number of rotatable bonds is 2. The lowest BCUT2D eigenvalue weighted by molar-refractivity contribution is 1.29. The van der Waals surface area contributed by atoms with E-state index in [4.69, 9.17) is 0 Å². The largest absolute Gasteiger partial charge is 0.340 e. The Morgan fingerprint density at radius 2 is 1.89 bits per heavy atom. The van der Waals surface area contributed by atoms with Crippen LogP contribution in [0.4, 0.5) is 11.5 Å². The van der Waals surface area contributed by atoms with Crippen molar-refractivity contribution >= 4 is 38.3 Å². The van der Waals surface area contributed by atoms with Crippen molar-refractivity contribution in [1.82, 2.24) is 9.97 Å². The van der Waals surface area contributed by atoms with Crippen molar-refractivity contribution in [3.63, 3.8) is 0 Å². The Morgan fingerprint density at radius 3 is 2.72 bits per heavy atom. The molecule has 0 spiro atoms. The van der Waals surface area contributed by atoms with Gasteiger partial charge in [-0.25, -0.2) is 4.98 Å². The van der Waals surface area contributed by atoms with E-state index >= 15 is 0 Å². The second-order valence-corrected chi connectivity index (χ2v) is 4.78. The standard InChI is InChI=1S/C14H10BrN3/c15-10-6-7-14(17-9-10)18-13-5-1-4-12-11(13)3-2-8-16-12/h1-9H,(H,17,18). The highest BCUT2D eigenvalue weighted by molar-refractivity contribution is 9.10. The molecule has 0 aliphatic carbocycles. The highest BCUT2D eigenvalue weighted by atomic mass is 79.9. The quantitative estimate of drug-likeness (QED) is 0.773. The minimum absolute atomic E-state index is 0.814. The van der Waals surface area contributed by atoms with Crippen molar-refractivity contribution in [2.45, 2.75) is 0 Å². The van der Waals surface area contributed by atoms with Gasteiger partial charge >= 0.3 is 0 Å². The minimum atomic E-state index is 0.814. The second-order valence-electron chi connectivity index (χ2n) is 3.86. The van der Waals surface area contributed by atoms with Crippen LogP contribution in [0.25, 0.3) is 10.9 Å². The number of hydrogen-bond donors (Lipinski definition) is 1. The first-order valence-electron chi connectivity index (χ1n) is 5.55. The molecule has 0 bridgehead atoms. The molecule has 1 aromatic carbocycles. The molecule has 0 aliphatic rings. The minimum Gasteiger partial charge on any atom is -0.340 e. The Kier molecular flexibility index (Phi) is 2.94. The van der Waals surface area contributed by atoms with E-state index in [-0.39, 0.29) is 0 Å².